The van der Waals surface area contributed by atoms with E-state index in [1.54, 1.807) is 7.11 Å². The lowest BCUT2D eigenvalue weighted by atomic mass is 10.0. The van der Waals surface area contributed by atoms with Gasteiger partial charge in [-0.25, -0.2) is 0 Å². The van der Waals surface area contributed by atoms with Gasteiger partial charge in [-0.15, -0.1) is 0 Å². The van der Waals surface area contributed by atoms with E-state index in [0.717, 1.165) is 33.5 Å². The zero-order valence-corrected chi connectivity index (χ0v) is 13.3. The van der Waals surface area contributed by atoms with Gasteiger partial charge in [-0.1, -0.05) is 18.2 Å². The maximum atomic E-state index is 11.5. The van der Waals surface area contributed by atoms with Crippen molar-refractivity contribution in [2.75, 3.05) is 14.2 Å². The lowest BCUT2D eigenvalue weighted by molar-refractivity contribution is -0.140. The van der Waals surface area contributed by atoms with E-state index in [9.17, 15) is 4.79 Å². The van der Waals surface area contributed by atoms with Crippen molar-refractivity contribution in [1.29, 1.82) is 0 Å². The second-order valence-corrected chi connectivity index (χ2v) is 5.33. The van der Waals surface area contributed by atoms with E-state index >= 15 is 0 Å². The summed E-state index contributed by atoms with van der Waals surface area (Å²) in [6.45, 7) is 0. The second-order valence-electron chi connectivity index (χ2n) is 5.33. The van der Waals surface area contributed by atoms with Crippen LogP contribution in [0.1, 0.15) is 12.0 Å². The van der Waals surface area contributed by atoms with Crippen LogP contribution < -0.4 is 4.74 Å². The van der Waals surface area contributed by atoms with Crippen molar-refractivity contribution in [3.8, 4) is 17.0 Å². The van der Waals surface area contributed by atoms with Gasteiger partial charge in [-0.2, -0.15) is 0 Å². The predicted octanol–water partition coefficient (Wildman–Crippen LogP) is 3.95. The molecule has 0 unspecified atom stereocenters. The minimum atomic E-state index is -0.198. The molecule has 118 valence electrons. The number of nitrogens with one attached hydrogen (secondary N) is 1. The molecule has 23 heavy (non-hydrogen) atoms. The predicted molar refractivity (Wildman–Crippen MR) is 90.6 cm³/mol. The molecule has 0 radical (unpaired) electrons. The van der Waals surface area contributed by atoms with Crippen LogP contribution in [-0.4, -0.2) is 25.2 Å². The molecule has 0 aliphatic carbocycles. The summed E-state index contributed by atoms with van der Waals surface area (Å²) in [4.78, 5) is 15.0. The van der Waals surface area contributed by atoms with Gasteiger partial charge in [0.25, 0.3) is 0 Å². The molecule has 0 amide bonds. The highest BCUT2D eigenvalue weighted by Crippen LogP contribution is 2.32. The number of carbonyl (C=O) groups is 1. The highest BCUT2D eigenvalue weighted by atomic mass is 16.5. The molecular weight excluding hydrogens is 290 g/mol. The van der Waals surface area contributed by atoms with Crippen molar-refractivity contribution in [3.05, 3.63) is 54.1 Å². The van der Waals surface area contributed by atoms with Gasteiger partial charge in [-0.05, 0) is 47.9 Å². The van der Waals surface area contributed by atoms with Gasteiger partial charge in [0.15, 0.2) is 0 Å². The van der Waals surface area contributed by atoms with Crippen LogP contribution in [0, 0.1) is 0 Å². The quantitative estimate of drug-likeness (QED) is 0.726. The van der Waals surface area contributed by atoms with Crippen LogP contribution in [0.15, 0.2) is 48.5 Å². The average Bonchev–Trinajstić information content (AvgIpc) is 2.98. The van der Waals surface area contributed by atoms with Crippen LogP contribution in [0.5, 0.6) is 5.75 Å². The van der Waals surface area contributed by atoms with E-state index in [1.807, 2.05) is 42.5 Å². The Hall–Kier alpha value is -2.75. The fraction of sp³-hybridized carbons (Fsp3) is 0.211. The Morgan fingerprint density at radius 2 is 1.78 bits per heavy atom. The van der Waals surface area contributed by atoms with Crippen molar-refractivity contribution in [3.63, 3.8) is 0 Å². The van der Waals surface area contributed by atoms with E-state index in [2.05, 4.69) is 11.1 Å². The third-order valence-electron chi connectivity index (χ3n) is 4.00. The summed E-state index contributed by atoms with van der Waals surface area (Å²) in [6, 6.07) is 16.0. The van der Waals surface area contributed by atoms with Crippen LogP contribution in [0.3, 0.4) is 0 Å². The number of aryl methyl sites for hydroxylation is 1. The largest absolute Gasteiger partial charge is 0.497 e. The minimum Gasteiger partial charge on any atom is -0.497 e. The lowest BCUT2D eigenvalue weighted by Gasteiger charge is -2.06. The molecule has 0 spiro atoms. The normalized spacial score (nSPS) is 10.7. The fourth-order valence-electron chi connectivity index (χ4n) is 2.79. The number of benzene rings is 2. The summed E-state index contributed by atoms with van der Waals surface area (Å²) in [7, 11) is 3.07. The Kier molecular flexibility index (Phi) is 4.33. The molecule has 0 saturated heterocycles. The number of rotatable bonds is 5. The summed E-state index contributed by atoms with van der Waals surface area (Å²) in [5, 5.41) is 1.14. The van der Waals surface area contributed by atoms with E-state index in [1.165, 1.54) is 7.11 Å². The molecule has 1 aromatic heterocycles. The van der Waals surface area contributed by atoms with Gasteiger partial charge in [0.05, 0.1) is 14.2 Å². The van der Waals surface area contributed by atoms with Gasteiger partial charge in [0.2, 0.25) is 0 Å². The number of aromatic amines is 1. The number of para-hydroxylation sites is 1. The van der Waals surface area contributed by atoms with Crippen LogP contribution in [-0.2, 0) is 16.0 Å². The number of carbonyl (C=O) groups excluding carboxylic acids is 1. The fourth-order valence-corrected chi connectivity index (χ4v) is 2.79. The first kappa shape index (κ1) is 15.2. The van der Waals surface area contributed by atoms with Gasteiger partial charge in [-0.3, -0.25) is 4.79 Å². The third-order valence-corrected chi connectivity index (χ3v) is 4.00. The number of ether oxygens (including phenoxy) is 2. The Morgan fingerprint density at radius 3 is 2.48 bits per heavy atom. The summed E-state index contributed by atoms with van der Waals surface area (Å²) in [6.07, 6.45) is 1.000. The van der Waals surface area contributed by atoms with Crippen molar-refractivity contribution < 1.29 is 14.3 Å². The number of hydrogen-bond acceptors (Lipinski definition) is 3. The van der Waals surface area contributed by atoms with E-state index in [-0.39, 0.29) is 5.97 Å². The number of hydrogen-bond donors (Lipinski definition) is 1. The number of fused-ring (bicyclic) bond motifs is 1. The Morgan fingerprint density at radius 1 is 1.04 bits per heavy atom. The second kappa shape index (κ2) is 6.57. The molecule has 2 aromatic carbocycles. The third kappa shape index (κ3) is 3.06. The minimum absolute atomic E-state index is 0.198. The molecule has 4 nitrogen and oxygen atoms in total. The van der Waals surface area contributed by atoms with E-state index < -0.39 is 0 Å². The first-order valence-corrected chi connectivity index (χ1v) is 7.53. The van der Waals surface area contributed by atoms with Crippen LogP contribution in [0.2, 0.25) is 0 Å². The lowest BCUT2D eigenvalue weighted by Crippen LogP contribution is -2.02. The molecule has 0 aliphatic rings. The molecule has 0 bridgehead atoms. The maximum Gasteiger partial charge on any atom is 0.305 e. The Labute approximate surface area is 135 Å². The van der Waals surface area contributed by atoms with E-state index in [0.29, 0.717) is 12.8 Å². The van der Waals surface area contributed by atoms with Crippen LogP contribution in [0.4, 0.5) is 0 Å². The summed E-state index contributed by atoms with van der Waals surface area (Å²) >= 11 is 0. The molecule has 4 heteroatoms. The molecule has 1 N–H and O–H groups in total. The standard InChI is InChI=1S/C19H19NO3/c1-22-14-9-7-13(8-10-14)19-16(11-12-18(21)23-2)15-5-3-4-6-17(15)20-19/h3-10,20H,11-12H2,1-2H3. The van der Waals surface area contributed by atoms with Crippen molar-refractivity contribution in [2.45, 2.75) is 12.8 Å². The highest BCUT2D eigenvalue weighted by molar-refractivity contribution is 5.91. The number of H-pyrrole nitrogens is 1. The van der Waals surface area contributed by atoms with Crippen molar-refractivity contribution in [1.82, 2.24) is 4.98 Å². The van der Waals surface area contributed by atoms with Crippen molar-refractivity contribution >= 4 is 16.9 Å². The van der Waals surface area contributed by atoms with Gasteiger partial charge in [0, 0.05) is 23.0 Å². The zero-order valence-electron chi connectivity index (χ0n) is 13.3. The molecule has 0 aliphatic heterocycles. The smallest absolute Gasteiger partial charge is 0.305 e. The zero-order chi connectivity index (χ0) is 16.2. The van der Waals surface area contributed by atoms with Crippen LogP contribution >= 0.6 is 0 Å². The maximum absolute atomic E-state index is 11.5. The first-order valence-electron chi connectivity index (χ1n) is 7.53. The summed E-state index contributed by atoms with van der Waals surface area (Å²) in [5.74, 6) is 0.622. The Bertz CT molecular complexity index is 818. The SMILES string of the molecule is COC(=O)CCc1c(-c2ccc(OC)cc2)[nH]c2ccccc12. The summed E-state index contributed by atoms with van der Waals surface area (Å²) < 4.78 is 9.99. The molecular formula is C19H19NO3. The number of esters is 1. The highest BCUT2D eigenvalue weighted by Gasteiger charge is 2.14. The monoisotopic (exact) mass is 309 g/mol. The molecule has 0 saturated carbocycles. The van der Waals surface area contributed by atoms with Gasteiger partial charge < -0.3 is 14.5 Å². The molecule has 1 heterocycles. The average molecular weight is 309 g/mol. The molecule has 3 aromatic rings. The van der Waals surface area contributed by atoms with E-state index in [4.69, 9.17) is 9.47 Å². The Balaban J connectivity index is 2.05. The first-order chi connectivity index (χ1) is 11.2. The summed E-state index contributed by atoms with van der Waals surface area (Å²) in [5.41, 5.74) is 4.31. The number of methoxy groups -OCH3 is 2. The molecule has 0 atom stereocenters. The van der Waals surface area contributed by atoms with Crippen LogP contribution in [0.25, 0.3) is 22.2 Å². The van der Waals surface area contributed by atoms with Crippen molar-refractivity contribution in [2.24, 2.45) is 0 Å². The number of aromatic nitrogens is 1. The molecule has 3 rings (SSSR count). The topological polar surface area (TPSA) is 51.3 Å². The van der Waals surface area contributed by atoms with Gasteiger partial charge >= 0.3 is 5.97 Å². The van der Waals surface area contributed by atoms with Gasteiger partial charge in [0.1, 0.15) is 5.75 Å². The molecule has 0 fully saturated rings.